The Bertz CT molecular complexity index is 581. The number of aromatic nitrogens is 2. The Kier molecular flexibility index (Phi) is 5.35. The molecule has 0 radical (unpaired) electrons. The first kappa shape index (κ1) is 17.4. The van der Waals surface area contributed by atoms with E-state index in [1.165, 1.54) is 0 Å². The first-order valence-corrected chi connectivity index (χ1v) is 7.98. The number of anilines is 1. The zero-order valence-electron chi connectivity index (χ0n) is 13.5. The zero-order valence-corrected chi connectivity index (χ0v) is 14.3. The first-order chi connectivity index (χ1) is 10.8. The van der Waals surface area contributed by atoms with Crippen LogP contribution in [0.5, 0.6) is 0 Å². The second kappa shape index (κ2) is 7.08. The molecule has 3 amide bonds. The minimum Gasteiger partial charge on any atom is -0.444 e. The number of aromatic amines is 1. The highest BCUT2D eigenvalue weighted by molar-refractivity contribution is 6.18. The zero-order chi connectivity index (χ0) is 17.0. The van der Waals surface area contributed by atoms with Crippen molar-refractivity contribution in [2.45, 2.75) is 39.3 Å². The summed E-state index contributed by atoms with van der Waals surface area (Å²) in [4.78, 5) is 25.5. The van der Waals surface area contributed by atoms with Gasteiger partial charge in [0.15, 0.2) is 5.82 Å². The number of alkyl halides is 1. The smallest absolute Gasteiger partial charge is 0.410 e. The third-order valence-corrected chi connectivity index (χ3v) is 3.39. The van der Waals surface area contributed by atoms with Crippen molar-refractivity contribution < 1.29 is 14.3 Å². The van der Waals surface area contributed by atoms with Crippen molar-refractivity contribution in [2.75, 3.05) is 24.3 Å². The number of hydrogen-bond acceptors (Lipinski definition) is 4. The van der Waals surface area contributed by atoms with Gasteiger partial charge in [-0.2, -0.15) is 5.10 Å². The molecule has 2 heterocycles. The van der Waals surface area contributed by atoms with Crippen LogP contribution in [0.2, 0.25) is 0 Å². The molecule has 1 aliphatic rings. The Labute approximate surface area is 139 Å². The topological polar surface area (TPSA) is 99.3 Å². The Morgan fingerprint density at radius 2 is 2.17 bits per heavy atom. The van der Waals surface area contributed by atoms with Crippen LogP contribution < -0.4 is 10.6 Å². The number of carbonyl (C=O) groups is 2. The number of nitrogens with one attached hydrogen (secondary N) is 3. The summed E-state index contributed by atoms with van der Waals surface area (Å²) in [5.41, 5.74) is 1.16. The average molecular weight is 344 g/mol. The maximum Gasteiger partial charge on any atom is 0.410 e. The van der Waals surface area contributed by atoms with Crippen molar-refractivity contribution >= 4 is 29.5 Å². The van der Waals surface area contributed by atoms with Crippen LogP contribution in [0.4, 0.5) is 15.4 Å². The summed E-state index contributed by atoms with van der Waals surface area (Å²) in [6.07, 6.45) is 0.258. The molecule has 23 heavy (non-hydrogen) atoms. The van der Waals surface area contributed by atoms with Gasteiger partial charge in [-0.25, -0.2) is 9.59 Å². The van der Waals surface area contributed by atoms with Crippen molar-refractivity contribution in [1.29, 1.82) is 0 Å². The van der Waals surface area contributed by atoms with Crippen molar-refractivity contribution in [1.82, 2.24) is 20.4 Å². The average Bonchev–Trinajstić information content (AvgIpc) is 2.85. The maximum atomic E-state index is 12.2. The highest BCUT2D eigenvalue weighted by atomic mass is 35.5. The lowest BCUT2D eigenvalue weighted by atomic mass is 10.1. The van der Waals surface area contributed by atoms with E-state index < -0.39 is 5.60 Å². The lowest BCUT2D eigenvalue weighted by molar-refractivity contribution is 0.0224. The van der Waals surface area contributed by atoms with Crippen LogP contribution in [-0.2, 0) is 17.7 Å². The van der Waals surface area contributed by atoms with Crippen molar-refractivity contribution in [3.8, 4) is 0 Å². The van der Waals surface area contributed by atoms with Gasteiger partial charge in [0.1, 0.15) is 5.60 Å². The summed E-state index contributed by atoms with van der Waals surface area (Å²) < 4.78 is 5.38. The predicted molar refractivity (Wildman–Crippen MR) is 86.7 cm³/mol. The fraction of sp³-hybridized carbons (Fsp3) is 0.643. The fourth-order valence-corrected chi connectivity index (χ4v) is 2.29. The number of carbonyl (C=O) groups excluding carboxylic acids is 2. The highest BCUT2D eigenvalue weighted by Crippen LogP contribution is 2.25. The van der Waals surface area contributed by atoms with Crippen LogP contribution >= 0.6 is 11.6 Å². The second-order valence-electron chi connectivity index (χ2n) is 6.25. The molecule has 1 aromatic rings. The van der Waals surface area contributed by atoms with E-state index in [2.05, 4.69) is 20.8 Å². The van der Waals surface area contributed by atoms with E-state index in [0.717, 1.165) is 11.3 Å². The Balaban J connectivity index is 2.03. The molecule has 1 aromatic heterocycles. The van der Waals surface area contributed by atoms with E-state index in [0.29, 0.717) is 37.8 Å². The van der Waals surface area contributed by atoms with E-state index in [4.69, 9.17) is 16.3 Å². The molecule has 0 unspecified atom stereocenters. The van der Waals surface area contributed by atoms with Crippen LogP contribution in [-0.4, -0.2) is 51.8 Å². The van der Waals surface area contributed by atoms with Gasteiger partial charge in [0.05, 0.1) is 6.54 Å². The van der Waals surface area contributed by atoms with Crippen LogP contribution in [0.15, 0.2) is 0 Å². The molecule has 0 spiro atoms. The Morgan fingerprint density at radius 1 is 1.43 bits per heavy atom. The van der Waals surface area contributed by atoms with Crippen molar-refractivity contribution in [2.24, 2.45) is 0 Å². The Hall–Kier alpha value is -1.96. The number of hydrogen-bond donors (Lipinski definition) is 3. The molecular formula is C14H22ClN5O3. The van der Waals surface area contributed by atoms with Gasteiger partial charge in [-0.15, -0.1) is 11.6 Å². The molecular weight excluding hydrogens is 322 g/mol. The molecule has 2 rings (SSSR count). The number of urea groups is 1. The molecule has 1 aliphatic heterocycles. The molecule has 0 bridgehead atoms. The van der Waals surface area contributed by atoms with Gasteiger partial charge in [0, 0.05) is 36.6 Å². The number of ether oxygens (including phenoxy) is 1. The Morgan fingerprint density at radius 3 is 2.83 bits per heavy atom. The standard InChI is InChI=1S/C14H22ClN5O3/c1-14(2,3)23-13(22)20-7-4-10-9(8-20)11(19-18-10)17-12(21)16-6-5-15/h4-8H2,1-3H3,(H3,16,17,18,19,21). The maximum absolute atomic E-state index is 12.2. The van der Waals surface area contributed by atoms with Gasteiger partial charge in [-0.1, -0.05) is 0 Å². The van der Waals surface area contributed by atoms with Crippen molar-refractivity contribution in [3.05, 3.63) is 11.3 Å². The fourth-order valence-electron chi connectivity index (χ4n) is 2.19. The SMILES string of the molecule is CC(C)(C)OC(=O)N1CCc2[nH]nc(NC(=O)NCCCl)c2C1. The summed E-state index contributed by atoms with van der Waals surface area (Å²) in [7, 11) is 0. The first-order valence-electron chi connectivity index (χ1n) is 7.45. The summed E-state index contributed by atoms with van der Waals surface area (Å²) in [5, 5.41) is 12.3. The van der Waals surface area contributed by atoms with Crippen molar-refractivity contribution in [3.63, 3.8) is 0 Å². The summed E-state index contributed by atoms with van der Waals surface area (Å²) in [6, 6.07) is -0.380. The van der Waals surface area contributed by atoms with E-state index in [1.54, 1.807) is 4.90 Å². The number of H-pyrrole nitrogens is 1. The van der Waals surface area contributed by atoms with E-state index in [1.807, 2.05) is 20.8 Å². The lowest BCUT2D eigenvalue weighted by Crippen LogP contribution is -2.40. The molecule has 0 saturated carbocycles. The number of fused-ring (bicyclic) bond motifs is 1. The number of halogens is 1. The molecule has 128 valence electrons. The third-order valence-electron chi connectivity index (χ3n) is 3.20. The predicted octanol–water partition coefficient (Wildman–Crippen LogP) is 2.06. The molecule has 8 nitrogen and oxygen atoms in total. The summed E-state index contributed by atoms with van der Waals surface area (Å²) in [5.74, 6) is 0.749. The second-order valence-corrected chi connectivity index (χ2v) is 6.63. The highest BCUT2D eigenvalue weighted by Gasteiger charge is 2.28. The van der Waals surface area contributed by atoms with E-state index >= 15 is 0 Å². The molecule has 9 heteroatoms. The molecule has 0 atom stereocenters. The van der Waals surface area contributed by atoms with Crippen LogP contribution in [0.25, 0.3) is 0 Å². The van der Waals surface area contributed by atoms with Gasteiger partial charge in [-0.3, -0.25) is 10.4 Å². The molecule has 0 fully saturated rings. The van der Waals surface area contributed by atoms with Crippen LogP contribution in [0.3, 0.4) is 0 Å². The molecule has 0 aromatic carbocycles. The molecule has 0 saturated heterocycles. The quantitative estimate of drug-likeness (QED) is 0.731. The van der Waals surface area contributed by atoms with Gasteiger partial charge in [-0.05, 0) is 20.8 Å². The van der Waals surface area contributed by atoms with Gasteiger partial charge >= 0.3 is 12.1 Å². The summed E-state index contributed by atoms with van der Waals surface area (Å²) >= 11 is 5.53. The van der Waals surface area contributed by atoms with Gasteiger partial charge in [0.2, 0.25) is 0 Å². The minimum absolute atomic E-state index is 0.332. The molecule has 0 aliphatic carbocycles. The number of rotatable bonds is 3. The third kappa shape index (κ3) is 4.75. The summed E-state index contributed by atoms with van der Waals surface area (Å²) in [6.45, 7) is 6.73. The molecule has 3 N–H and O–H groups in total. The van der Waals surface area contributed by atoms with E-state index in [9.17, 15) is 9.59 Å². The van der Waals surface area contributed by atoms with Gasteiger partial charge < -0.3 is 15.0 Å². The van der Waals surface area contributed by atoms with Gasteiger partial charge in [0.25, 0.3) is 0 Å². The number of amides is 3. The minimum atomic E-state index is -0.545. The van der Waals surface area contributed by atoms with E-state index in [-0.39, 0.29) is 12.1 Å². The lowest BCUT2D eigenvalue weighted by Gasteiger charge is -2.30. The monoisotopic (exact) mass is 343 g/mol. The number of nitrogens with zero attached hydrogens (tertiary/aromatic N) is 2. The van der Waals surface area contributed by atoms with Crippen LogP contribution in [0.1, 0.15) is 32.0 Å². The normalized spacial score (nSPS) is 14.2. The largest absolute Gasteiger partial charge is 0.444 e. The van der Waals surface area contributed by atoms with Crippen LogP contribution in [0, 0.1) is 0 Å².